The summed E-state index contributed by atoms with van der Waals surface area (Å²) in [6.07, 6.45) is 6.86. The van der Waals surface area contributed by atoms with Gasteiger partial charge in [0.25, 0.3) is 5.91 Å². The molecule has 1 atom stereocenters. The molecule has 2 aliphatic rings. The maximum absolute atomic E-state index is 13.8. The smallest absolute Gasteiger partial charge is 0.260 e. The number of nitrogens with zero attached hydrogens (tertiary/aromatic N) is 3. The number of carbonyl (C=O) groups excluding carboxylic acids is 1. The van der Waals surface area contributed by atoms with Crippen LogP contribution in [0.4, 0.5) is 5.13 Å². The summed E-state index contributed by atoms with van der Waals surface area (Å²) >= 11 is 1.44. The van der Waals surface area contributed by atoms with Crippen LogP contribution in [0.3, 0.4) is 0 Å². The first-order chi connectivity index (χ1) is 18.4. The molecule has 1 unspecified atom stereocenters. The average molecular weight is 558 g/mol. The number of anilines is 1. The Hall–Kier alpha value is -2.53. The molecule has 3 aromatic rings. The number of fused-ring (bicyclic) bond motifs is 1. The molecule has 2 aromatic carbocycles. The van der Waals surface area contributed by atoms with Crippen molar-refractivity contribution in [3.05, 3.63) is 48.0 Å². The van der Waals surface area contributed by atoms with Gasteiger partial charge in [-0.15, -0.1) is 0 Å². The first-order valence-electron chi connectivity index (χ1n) is 13.4. The summed E-state index contributed by atoms with van der Waals surface area (Å²) in [5, 5.41) is 0.583. The maximum atomic E-state index is 13.8. The Morgan fingerprint density at radius 3 is 2.50 bits per heavy atom. The van der Waals surface area contributed by atoms with E-state index in [2.05, 4.69) is 0 Å². The van der Waals surface area contributed by atoms with E-state index < -0.39 is 10.0 Å². The van der Waals surface area contributed by atoms with Crippen molar-refractivity contribution in [1.82, 2.24) is 9.29 Å². The van der Waals surface area contributed by atoms with Gasteiger partial charge < -0.3 is 9.47 Å². The molecule has 38 heavy (non-hydrogen) atoms. The van der Waals surface area contributed by atoms with E-state index in [4.69, 9.17) is 14.5 Å². The van der Waals surface area contributed by atoms with E-state index in [-0.39, 0.29) is 22.9 Å². The molecule has 0 bridgehead atoms. The second kappa shape index (κ2) is 11.7. The Bertz CT molecular complexity index is 1360. The van der Waals surface area contributed by atoms with E-state index >= 15 is 0 Å². The number of methoxy groups -OCH3 is 1. The van der Waals surface area contributed by atoms with Gasteiger partial charge in [-0.3, -0.25) is 9.69 Å². The molecule has 1 aromatic heterocycles. The van der Waals surface area contributed by atoms with Gasteiger partial charge in [-0.1, -0.05) is 37.5 Å². The van der Waals surface area contributed by atoms with Gasteiger partial charge in [0.2, 0.25) is 10.0 Å². The summed E-state index contributed by atoms with van der Waals surface area (Å²) < 4.78 is 40.7. The molecule has 0 N–H and O–H groups in total. The van der Waals surface area contributed by atoms with E-state index in [1.807, 2.05) is 25.1 Å². The molecule has 1 saturated carbocycles. The summed E-state index contributed by atoms with van der Waals surface area (Å²) in [6, 6.07) is 12.1. The molecule has 1 aliphatic carbocycles. The highest BCUT2D eigenvalue weighted by molar-refractivity contribution is 7.89. The van der Waals surface area contributed by atoms with Crippen LogP contribution in [0.25, 0.3) is 10.2 Å². The summed E-state index contributed by atoms with van der Waals surface area (Å²) in [6.45, 7) is 3.40. The molecule has 1 amide bonds. The summed E-state index contributed by atoms with van der Waals surface area (Å²) in [7, 11) is -2.03. The number of sulfonamides is 1. The molecule has 5 rings (SSSR count). The molecule has 0 radical (unpaired) electrons. The number of aromatic nitrogens is 1. The van der Waals surface area contributed by atoms with Crippen molar-refractivity contribution in [1.29, 1.82) is 0 Å². The van der Waals surface area contributed by atoms with E-state index in [0.717, 1.165) is 55.2 Å². The average Bonchev–Trinajstić information content (AvgIpc) is 3.61. The minimum absolute atomic E-state index is 0.0413. The molecule has 1 saturated heterocycles. The van der Waals surface area contributed by atoms with Crippen LogP contribution in [-0.4, -0.2) is 62.6 Å². The second-order valence-electron chi connectivity index (χ2n) is 9.91. The lowest BCUT2D eigenvalue weighted by molar-refractivity contribution is 0.0917. The third kappa shape index (κ3) is 5.59. The van der Waals surface area contributed by atoms with Crippen LogP contribution in [0.5, 0.6) is 5.75 Å². The molecule has 0 spiro atoms. The number of hydrogen-bond donors (Lipinski definition) is 0. The zero-order valence-electron chi connectivity index (χ0n) is 22.0. The van der Waals surface area contributed by atoms with Crippen molar-refractivity contribution in [2.24, 2.45) is 0 Å². The number of ether oxygens (including phenoxy) is 2. The lowest BCUT2D eigenvalue weighted by atomic mass is 9.95. The molecule has 2 fully saturated rings. The SMILES string of the molecule is CCN(C1CCCCC1)S(=O)(=O)c1ccc(C(=O)N(CC2CCCO2)c2nc3cc(OC)ccc3s2)cc1. The van der Waals surface area contributed by atoms with Gasteiger partial charge in [0.15, 0.2) is 5.13 Å². The third-order valence-electron chi connectivity index (χ3n) is 7.47. The van der Waals surface area contributed by atoms with E-state index in [9.17, 15) is 13.2 Å². The van der Waals surface area contributed by atoms with Gasteiger partial charge in [-0.2, -0.15) is 4.31 Å². The van der Waals surface area contributed by atoms with Crippen molar-refractivity contribution in [3.63, 3.8) is 0 Å². The van der Waals surface area contributed by atoms with Crippen molar-refractivity contribution in [2.45, 2.75) is 68.9 Å². The second-order valence-corrected chi connectivity index (χ2v) is 12.8. The molecule has 10 heteroatoms. The predicted molar refractivity (Wildman–Crippen MR) is 150 cm³/mol. The van der Waals surface area contributed by atoms with Crippen molar-refractivity contribution in [2.75, 3.05) is 31.7 Å². The lowest BCUT2D eigenvalue weighted by Gasteiger charge is -2.32. The van der Waals surface area contributed by atoms with Gasteiger partial charge in [0.1, 0.15) is 5.75 Å². The molecular weight excluding hydrogens is 522 g/mol. The van der Waals surface area contributed by atoms with Crippen LogP contribution in [0.2, 0.25) is 0 Å². The molecule has 2 heterocycles. The van der Waals surface area contributed by atoms with Gasteiger partial charge in [0, 0.05) is 30.8 Å². The minimum Gasteiger partial charge on any atom is -0.497 e. The Balaban J connectivity index is 1.42. The van der Waals surface area contributed by atoms with Crippen molar-refractivity contribution < 1.29 is 22.7 Å². The van der Waals surface area contributed by atoms with Crippen LogP contribution in [-0.2, 0) is 14.8 Å². The molecule has 204 valence electrons. The first kappa shape index (κ1) is 27.1. The van der Waals surface area contributed by atoms with Gasteiger partial charge in [-0.05, 0) is 62.1 Å². The highest BCUT2D eigenvalue weighted by Gasteiger charge is 2.32. The first-order valence-corrected chi connectivity index (χ1v) is 15.7. The normalized spacial score (nSPS) is 18.8. The van der Waals surface area contributed by atoms with E-state index in [1.54, 1.807) is 40.6 Å². The molecule has 1 aliphatic heterocycles. The number of hydrogen-bond acceptors (Lipinski definition) is 7. The van der Waals surface area contributed by atoms with Crippen LogP contribution in [0, 0.1) is 0 Å². The van der Waals surface area contributed by atoms with Gasteiger partial charge >= 0.3 is 0 Å². The number of rotatable bonds is 9. The zero-order chi connectivity index (χ0) is 26.7. The summed E-state index contributed by atoms with van der Waals surface area (Å²) in [5.74, 6) is 0.479. The minimum atomic E-state index is -3.64. The predicted octanol–water partition coefficient (Wildman–Crippen LogP) is 5.47. The Morgan fingerprint density at radius 2 is 1.84 bits per heavy atom. The molecular formula is C28H35N3O5S2. The Morgan fingerprint density at radius 1 is 1.08 bits per heavy atom. The standard InChI is InChI=1S/C28H35N3O5S2/c1-3-31(21-8-5-4-6-9-21)38(33,34)24-14-11-20(12-15-24)27(32)30(19-23-10-7-17-36-23)28-29-25-18-22(35-2)13-16-26(25)37-28/h11-16,18,21,23H,3-10,17,19H2,1-2H3. The largest absolute Gasteiger partial charge is 0.497 e. The summed E-state index contributed by atoms with van der Waals surface area (Å²) in [4.78, 5) is 20.4. The fourth-order valence-electron chi connectivity index (χ4n) is 5.43. The molecule has 8 nitrogen and oxygen atoms in total. The number of thiazole rings is 1. The quantitative estimate of drug-likeness (QED) is 0.346. The maximum Gasteiger partial charge on any atom is 0.260 e. The fraction of sp³-hybridized carbons (Fsp3) is 0.500. The third-order valence-corrected chi connectivity index (χ3v) is 10.6. The van der Waals surface area contributed by atoms with Crippen LogP contribution < -0.4 is 9.64 Å². The highest BCUT2D eigenvalue weighted by Crippen LogP contribution is 2.33. The van der Waals surface area contributed by atoms with Crippen molar-refractivity contribution >= 4 is 42.6 Å². The van der Waals surface area contributed by atoms with Crippen LogP contribution >= 0.6 is 11.3 Å². The highest BCUT2D eigenvalue weighted by atomic mass is 32.2. The van der Waals surface area contributed by atoms with Crippen molar-refractivity contribution in [3.8, 4) is 5.75 Å². The Labute approximate surface area is 228 Å². The Kier molecular flexibility index (Phi) is 8.32. The van der Waals surface area contributed by atoms with E-state index in [0.29, 0.717) is 36.1 Å². The van der Waals surface area contributed by atoms with Gasteiger partial charge in [0.05, 0.1) is 34.9 Å². The van der Waals surface area contributed by atoms with Crippen LogP contribution in [0.15, 0.2) is 47.4 Å². The fourth-order valence-corrected chi connectivity index (χ4v) is 8.08. The zero-order valence-corrected chi connectivity index (χ0v) is 23.6. The number of carbonyl (C=O) groups is 1. The lowest BCUT2D eigenvalue weighted by Crippen LogP contribution is -2.41. The summed E-state index contributed by atoms with van der Waals surface area (Å²) in [5.41, 5.74) is 1.18. The van der Waals surface area contributed by atoms with E-state index in [1.165, 1.54) is 11.3 Å². The number of amides is 1. The topological polar surface area (TPSA) is 89.0 Å². The van der Waals surface area contributed by atoms with Crippen LogP contribution in [0.1, 0.15) is 62.2 Å². The monoisotopic (exact) mass is 557 g/mol. The number of benzene rings is 2. The van der Waals surface area contributed by atoms with Gasteiger partial charge in [-0.25, -0.2) is 13.4 Å².